The van der Waals surface area contributed by atoms with Crippen molar-refractivity contribution in [3.8, 4) is 0 Å². The molecule has 1 aliphatic rings. The molecule has 2 aromatic heterocycles. The summed E-state index contributed by atoms with van der Waals surface area (Å²) in [6.07, 6.45) is 8.08. The molecule has 0 amide bonds. The molecule has 0 radical (unpaired) electrons. The molecule has 66 valence electrons. The first kappa shape index (κ1) is 7.33. The van der Waals surface area contributed by atoms with Gasteiger partial charge < -0.3 is 0 Å². The average Bonchev–Trinajstić information content (AvgIpc) is 2.87. The van der Waals surface area contributed by atoms with Crippen LogP contribution in [-0.2, 0) is 0 Å². The second-order valence-electron chi connectivity index (χ2n) is 3.37. The molecule has 2 heterocycles. The molecule has 3 rings (SSSR count). The minimum absolute atomic E-state index is 0.481. The maximum atomic E-state index is 5.90. The molecule has 2 aromatic rings. The Hall–Kier alpha value is -1.09. The van der Waals surface area contributed by atoms with Crippen LogP contribution in [0.2, 0.25) is 5.15 Å². The van der Waals surface area contributed by atoms with E-state index in [1.165, 1.54) is 18.5 Å². The van der Waals surface area contributed by atoms with Gasteiger partial charge in [0, 0.05) is 30.2 Å². The highest BCUT2D eigenvalue weighted by Crippen LogP contribution is 2.40. The zero-order valence-corrected chi connectivity index (χ0v) is 7.70. The van der Waals surface area contributed by atoms with Crippen LogP contribution in [-0.4, -0.2) is 14.4 Å². The van der Waals surface area contributed by atoms with Crippen molar-refractivity contribution in [1.82, 2.24) is 14.4 Å². The molecule has 3 nitrogen and oxygen atoms in total. The van der Waals surface area contributed by atoms with Gasteiger partial charge in [-0.25, -0.2) is 9.97 Å². The minimum Gasteiger partial charge on any atom is -0.300 e. The van der Waals surface area contributed by atoms with E-state index >= 15 is 0 Å². The van der Waals surface area contributed by atoms with E-state index in [1.54, 1.807) is 6.20 Å². The Morgan fingerprint density at radius 1 is 1.38 bits per heavy atom. The first-order valence-electron chi connectivity index (χ1n) is 4.34. The molecule has 0 N–H and O–H groups in total. The lowest BCUT2D eigenvalue weighted by Crippen LogP contribution is -1.91. The van der Waals surface area contributed by atoms with Crippen molar-refractivity contribution in [2.24, 2.45) is 0 Å². The quantitative estimate of drug-likeness (QED) is 0.696. The predicted octanol–water partition coefficient (Wildman–Crippen LogP) is 2.26. The largest absolute Gasteiger partial charge is 0.300 e. The summed E-state index contributed by atoms with van der Waals surface area (Å²) >= 11 is 5.90. The van der Waals surface area contributed by atoms with Crippen LogP contribution in [0.25, 0.3) is 5.65 Å². The number of hydrogen-bond donors (Lipinski definition) is 0. The molecule has 1 saturated carbocycles. The number of aromatic nitrogens is 3. The van der Waals surface area contributed by atoms with Crippen LogP contribution in [0.15, 0.2) is 18.6 Å². The van der Waals surface area contributed by atoms with E-state index in [1.807, 2.05) is 16.8 Å². The Morgan fingerprint density at radius 2 is 2.23 bits per heavy atom. The van der Waals surface area contributed by atoms with Gasteiger partial charge in [0.1, 0.15) is 0 Å². The molecule has 0 spiro atoms. The van der Waals surface area contributed by atoms with Gasteiger partial charge >= 0.3 is 0 Å². The van der Waals surface area contributed by atoms with Crippen molar-refractivity contribution in [2.75, 3.05) is 0 Å². The fraction of sp³-hybridized carbons (Fsp3) is 0.333. The lowest BCUT2D eigenvalue weighted by molar-refractivity contribution is 0.973. The monoisotopic (exact) mass is 193 g/mol. The molecule has 0 saturated heterocycles. The number of hydrogen-bond acceptors (Lipinski definition) is 2. The summed E-state index contributed by atoms with van der Waals surface area (Å²) in [6.45, 7) is 0. The van der Waals surface area contributed by atoms with Gasteiger partial charge in [-0.1, -0.05) is 11.6 Å². The summed E-state index contributed by atoms with van der Waals surface area (Å²) < 4.78 is 2.03. The van der Waals surface area contributed by atoms with Gasteiger partial charge in [0.05, 0.1) is 0 Å². The second-order valence-corrected chi connectivity index (χ2v) is 3.73. The van der Waals surface area contributed by atoms with E-state index in [9.17, 15) is 0 Å². The van der Waals surface area contributed by atoms with E-state index < -0.39 is 0 Å². The minimum atomic E-state index is 0.481. The van der Waals surface area contributed by atoms with E-state index in [-0.39, 0.29) is 0 Å². The molecule has 1 aliphatic carbocycles. The molecule has 0 bridgehead atoms. The Labute approximate surface area is 80.4 Å². The van der Waals surface area contributed by atoms with Crippen LogP contribution >= 0.6 is 11.6 Å². The highest BCUT2D eigenvalue weighted by Gasteiger charge is 2.26. The lowest BCUT2D eigenvalue weighted by Gasteiger charge is -1.98. The van der Waals surface area contributed by atoms with Crippen LogP contribution in [0.5, 0.6) is 0 Å². The van der Waals surface area contributed by atoms with Crippen molar-refractivity contribution in [3.63, 3.8) is 0 Å². The van der Waals surface area contributed by atoms with Crippen molar-refractivity contribution >= 4 is 17.2 Å². The number of rotatable bonds is 1. The van der Waals surface area contributed by atoms with Gasteiger partial charge in [-0.2, -0.15) is 0 Å². The summed E-state index contributed by atoms with van der Waals surface area (Å²) in [4.78, 5) is 8.23. The summed E-state index contributed by atoms with van der Waals surface area (Å²) in [5, 5.41) is 0.481. The molecule has 4 heteroatoms. The van der Waals surface area contributed by atoms with Gasteiger partial charge in [0.2, 0.25) is 0 Å². The summed E-state index contributed by atoms with van der Waals surface area (Å²) in [7, 11) is 0. The average molecular weight is 194 g/mol. The maximum absolute atomic E-state index is 5.90. The van der Waals surface area contributed by atoms with Gasteiger partial charge in [0.15, 0.2) is 10.8 Å². The SMILES string of the molecule is Clc1nccn2c(C3CC3)cnc12. The molecule has 0 unspecified atom stereocenters. The van der Waals surface area contributed by atoms with E-state index in [2.05, 4.69) is 9.97 Å². The highest BCUT2D eigenvalue weighted by atomic mass is 35.5. The smallest absolute Gasteiger partial charge is 0.175 e. The van der Waals surface area contributed by atoms with Crippen LogP contribution in [0.3, 0.4) is 0 Å². The van der Waals surface area contributed by atoms with Crippen molar-refractivity contribution in [2.45, 2.75) is 18.8 Å². The lowest BCUT2D eigenvalue weighted by atomic mass is 10.3. The first-order valence-corrected chi connectivity index (χ1v) is 4.71. The van der Waals surface area contributed by atoms with Crippen molar-refractivity contribution in [1.29, 1.82) is 0 Å². The van der Waals surface area contributed by atoms with E-state index in [4.69, 9.17) is 11.6 Å². The third kappa shape index (κ3) is 1.04. The summed E-state index contributed by atoms with van der Waals surface area (Å²) in [5.41, 5.74) is 2.03. The van der Waals surface area contributed by atoms with Crippen LogP contribution in [0.1, 0.15) is 24.5 Å². The number of imidazole rings is 1. The Morgan fingerprint density at radius 3 is 3.00 bits per heavy atom. The van der Waals surface area contributed by atoms with Crippen LogP contribution < -0.4 is 0 Å². The molecule has 0 atom stereocenters. The molecule has 13 heavy (non-hydrogen) atoms. The fourth-order valence-corrected chi connectivity index (χ4v) is 1.78. The number of halogens is 1. The Bertz CT molecular complexity index is 459. The topological polar surface area (TPSA) is 30.2 Å². The molecule has 0 aromatic carbocycles. The van der Waals surface area contributed by atoms with Crippen LogP contribution in [0.4, 0.5) is 0 Å². The van der Waals surface area contributed by atoms with Gasteiger partial charge in [-0.3, -0.25) is 4.40 Å². The molecule has 0 aliphatic heterocycles. The number of fused-ring (bicyclic) bond motifs is 1. The Kier molecular flexibility index (Phi) is 1.38. The third-order valence-electron chi connectivity index (χ3n) is 2.41. The van der Waals surface area contributed by atoms with Gasteiger partial charge in [0.25, 0.3) is 0 Å². The predicted molar refractivity (Wildman–Crippen MR) is 50.0 cm³/mol. The molecule has 1 fully saturated rings. The normalized spacial score (nSPS) is 16.7. The van der Waals surface area contributed by atoms with Gasteiger partial charge in [-0.15, -0.1) is 0 Å². The number of nitrogens with zero attached hydrogens (tertiary/aromatic N) is 3. The van der Waals surface area contributed by atoms with Crippen LogP contribution in [0, 0.1) is 0 Å². The second kappa shape index (κ2) is 2.45. The fourth-order valence-electron chi connectivity index (χ4n) is 1.59. The van der Waals surface area contributed by atoms with E-state index in [0.717, 1.165) is 5.65 Å². The first-order chi connectivity index (χ1) is 6.36. The third-order valence-corrected chi connectivity index (χ3v) is 2.68. The highest BCUT2D eigenvalue weighted by molar-refractivity contribution is 6.32. The van der Waals surface area contributed by atoms with Gasteiger partial charge in [-0.05, 0) is 12.8 Å². The van der Waals surface area contributed by atoms with Crippen molar-refractivity contribution in [3.05, 3.63) is 29.4 Å². The standard InChI is InChI=1S/C9H8ClN3/c10-8-9-12-5-7(6-1-2-6)13(9)4-3-11-8/h3-6H,1-2H2. The Balaban J connectivity index is 2.32. The summed E-state index contributed by atoms with van der Waals surface area (Å²) in [5.74, 6) is 0.688. The maximum Gasteiger partial charge on any atom is 0.175 e. The molecular formula is C9H8ClN3. The molecular weight excluding hydrogens is 186 g/mol. The van der Waals surface area contributed by atoms with E-state index in [0.29, 0.717) is 11.1 Å². The summed E-state index contributed by atoms with van der Waals surface area (Å²) in [6, 6.07) is 0. The zero-order chi connectivity index (χ0) is 8.84. The zero-order valence-electron chi connectivity index (χ0n) is 6.94. The van der Waals surface area contributed by atoms with Crippen molar-refractivity contribution < 1.29 is 0 Å².